The second kappa shape index (κ2) is 8.35. The number of carbonyl (C=O) groups excluding carboxylic acids is 3. The number of methoxy groups -OCH3 is 1. The van der Waals surface area contributed by atoms with Crippen LogP contribution in [-0.2, 0) is 9.59 Å². The van der Waals surface area contributed by atoms with Crippen molar-refractivity contribution < 1.29 is 19.1 Å². The zero-order chi connectivity index (χ0) is 19.2. The van der Waals surface area contributed by atoms with Crippen LogP contribution >= 0.6 is 0 Å². The maximum absolute atomic E-state index is 12.3. The molecule has 27 heavy (non-hydrogen) atoms. The molecule has 0 saturated carbocycles. The molecule has 2 N–H and O–H groups in total. The number of ether oxygens (including phenoxy) is 1. The van der Waals surface area contributed by atoms with Gasteiger partial charge in [-0.3, -0.25) is 14.4 Å². The summed E-state index contributed by atoms with van der Waals surface area (Å²) < 4.78 is 5.18. The standard InChI is InChI=1S/C20H21N3O4/c1-27-17-9-5-8-16(11-17)23-13-15(10-19(23)25)22-18(24)12-21-20(26)14-6-3-2-4-7-14/h2-9,11,15H,10,12-13H2,1H3,(H,21,26)(H,22,24). The van der Waals surface area contributed by atoms with Gasteiger partial charge in [0.2, 0.25) is 11.8 Å². The van der Waals surface area contributed by atoms with Gasteiger partial charge in [0, 0.05) is 30.3 Å². The number of hydrogen-bond donors (Lipinski definition) is 2. The van der Waals surface area contributed by atoms with Crippen molar-refractivity contribution in [3.63, 3.8) is 0 Å². The van der Waals surface area contributed by atoms with Gasteiger partial charge < -0.3 is 20.3 Å². The summed E-state index contributed by atoms with van der Waals surface area (Å²) in [5, 5.41) is 5.37. The minimum absolute atomic E-state index is 0.0677. The van der Waals surface area contributed by atoms with E-state index in [0.29, 0.717) is 17.9 Å². The predicted molar refractivity (Wildman–Crippen MR) is 101 cm³/mol. The quantitative estimate of drug-likeness (QED) is 0.807. The first-order valence-corrected chi connectivity index (χ1v) is 8.64. The van der Waals surface area contributed by atoms with Gasteiger partial charge in [0.05, 0.1) is 19.7 Å². The number of hydrogen-bond acceptors (Lipinski definition) is 4. The maximum atomic E-state index is 12.3. The highest BCUT2D eigenvalue weighted by Crippen LogP contribution is 2.25. The van der Waals surface area contributed by atoms with E-state index in [2.05, 4.69) is 10.6 Å². The maximum Gasteiger partial charge on any atom is 0.251 e. The summed E-state index contributed by atoms with van der Waals surface area (Å²) in [5.74, 6) is -0.0471. The molecule has 1 fully saturated rings. The van der Waals surface area contributed by atoms with Gasteiger partial charge in [-0.15, -0.1) is 0 Å². The Labute approximate surface area is 157 Å². The third kappa shape index (κ3) is 4.63. The molecule has 1 atom stereocenters. The first-order valence-electron chi connectivity index (χ1n) is 8.64. The van der Waals surface area contributed by atoms with E-state index in [4.69, 9.17) is 4.74 Å². The molecule has 2 aromatic carbocycles. The number of carbonyl (C=O) groups is 3. The molecule has 2 aromatic rings. The van der Waals surface area contributed by atoms with Gasteiger partial charge in [-0.2, -0.15) is 0 Å². The van der Waals surface area contributed by atoms with E-state index in [1.165, 1.54) is 0 Å². The summed E-state index contributed by atoms with van der Waals surface area (Å²) in [5.41, 5.74) is 1.22. The van der Waals surface area contributed by atoms with Gasteiger partial charge in [-0.25, -0.2) is 0 Å². The summed E-state index contributed by atoms with van der Waals surface area (Å²) in [6.07, 6.45) is 0.218. The number of anilines is 1. The molecule has 1 aliphatic rings. The molecule has 7 heteroatoms. The fourth-order valence-electron chi connectivity index (χ4n) is 2.96. The van der Waals surface area contributed by atoms with E-state index in [1.54, 1.807) is 48.4 Å². The molecule has 3 rings (SSSR count). The molecule has 0 radical (unpaired) electrons. The Balaban J connectivity index is 1.52. The number of amides is 3. The van der Waals surface area contributed by atoms with E-state index >= 15 is 0 Å². The molecule has 7 nitrogen and oxygen atoms in total. The molecule has 1 unspecified atom stereocenters. The van der Waals surface area contributed by atoms with E-state index in [-0.39, 0.29) is 36.7 Å². The summed E-state index contributed by atoms with van der Waals surface area (Å²) in [7, 11) is 1.57. The Morgan fingerprint density at radius 2 is 1.93 bits per heavy atom. The number of nitrogens with one attached hydrogen (secondary N) is 2. The molecule has 3 amide bonds. The van der Waals surface area contributed by atoms with Gasteiger partial charge in [-0.05, 0) is 24.3 Å². The number of rotatable bonds is 6. The minimum Gasteiger partial charge on any atom is -0.497 e. The highest BCUT2D eigenvalue weighted by molar-refractivity contribution is 5.98. The van der Waals surface area contributed by atoms with Crippen molar-refractivity contribution >= 4 is 23.4 Å². The summed E-state index contributed by atoms with van der Waals surface area (Å²) >= 11 is 0. The van der Waals surface area contributed by atoms with Crippen LogP contribution in [0.5, 0.6) is 5.75 Å². The molecule has 0 bridgehead atoms. The minimum atomic E-state index is -0.329. The van der Waals surface area contributed by atoms with E-state index in [9.17, 15) is 14.4 Å². The fraction of sp³-hybridized carbons (Fsp3) is 0.250. The van der Waals surface area contributed by atoms with Crippen molar-refractivity contribution in [1.29, 1.82) is 0 Å². The van der Waals surface area contributed by atoms with Crippen LogP contribution in [0, 0.1) is 0 Å². The Kier molecular flexibility index (Phi) is 5.71. The number of benzene rings is 2. The lowest BCUT2D eigenvalue weighted by Crippen LogP contribution is -2.43. The van der Waals surface area contributed by atoms with Crippen LogP contribution in [0.4, 0.5) is 5.69 Å². The lowest BCUT2D eigenvalue weighted by Gasteiger charge is -2.18. The normalized spacial score (nSPS) is 16.1. The van der Waals surface area contributed by atoms with Crippen molar-refractivity contribution in [2.75, 3.05) is 25.1 Å². The lowest BCUT2D eigenvalue weighted by molar-refractivity contribution is -0.120. The molecule has 1 saturated heterocycles. The van der Waals surface area contributed by atoms with Gasteiger partial charge in [0.15, 0.2) is 0 Å². The second-order valence-electron chi connectivity index (χ2n) is 6.22. The van der Waals surface area contributed by atoms with Crippen molar-refractivity contribution in [2.45, 2.75) is 12.5 Å². The van der Waals surface area contributed by atoms with Crippen LogP contribution in [0.25, 0.3) is 0 Å². The van der Waals surface area contributed by atoms with Crippen LogP contribution in [0.2, 0.25) is 0 Å². The highest BCUT2D eigenvalue weighted by Gasteiger charge is 2.31. The summed E-state index contributed by atoms with van der Waals surface area (Å²) in [6.45, 7) is 0.238. The van der Waals surface area contributed by atoms with Gasteiger partial charge >= 0.3 is 0 Å². The molecular weight excluding hydrogens is 346 g/mol. The molecule has 0 aromatic heterocycles. The zero-order valence-corrected chi connectivity index (χ0v) is 15.0. The number of nitrogens with zero attached hydrogens (tertiary/aromatic N) is 1. The van der Waals surface area contributed by atoms with Gasteiger partial charge in [0.25, 0.3) is 5.91 Å². The van der Waals surface area contributed by atoms with Crippen LogP contribution in [0.1, 0.15) is 16.8 Å². The van der Waals surface area contributed by atoms with Gasteiger partial charge in [-0.1, -0.05) is 24.3 Å². The van der Waals surface area contributed by atoms with Crippen molar-refractivity contribution in [1.82, 2.24) is 10.6 Å². The van der Waals surface area contributed by atoms with E-state index in [0.717, 1.165) is 5.69 Å². The Morgan fingerprint density at radius 3 is 2.67 bits per heavy atom. The predicted octanol–water partition coefficient (Wildman–Crippen LogP) is 1.35. The van der Waals surface area contributed by atoms with Crippen LogP contribution in [-0.4, -0.2) is 44.0 Å². The van der Waals surface area contributed by atoms with E-state index < -0.39 is 0 Å². The topological polar surface area (TPSA) is 87.7 Å². The summed E-state index contributed by atoms with van der Waals surface area (Å²) in [6, 6.07) is 15.6. The Bertz CT molecular complexity index is 838. The molecule has 0 spiro atoms. The smallest absolute Gasteiger partial charge is 0.251 e. The molecule has 0 aliphatic carbocycles. The van der Waals surface area contributed by atoms with Crippen molar-refractivity contribution in [2.24, 2.45) is 0 Å². The Morgan fingerprint density at radius 1 is 1.15 bits per heavy atom. The SMILES string of the molecule is COc1cccc(N2CC(NC(=O)CNC(=O)c3ccccc3)CC2=O)c1. The molecule has 1 aliphatic heterocycles. The molecule has 140 valence electrons. The first kappa shape index (κ1) is 18.4. The third-order valence-corrected chi connectivity index (χ3v) is 4.30. The average molecular weight is 367 g/mol. The largest absolute Gasteiger partial charge is 0.497 e. The second-order valence-corrected chi connectivity index (χ2v) is 6.22. The molecular formula is C20H21N3O4. The zero-order valence-electron chi connectivity index (χ0n) is 15.0. The van der Waals surface area contributed by atoms with Crippen molar-refractivity contribution in [3.8, 4) is 5.75 Å². The summed E-state index contributed by atoms with van der Waals surface area (Å²) in [4.78, 5) is 38.0. The fourth-order valence-corrected chi connectivity index (χ4v) is 2.96. The van der Waals surface area contributed by atoms with Crippen LogP contribution < -0.4 is 20.3 Å². The van der Waals surface area contributed by atoms with Crippen LogP contribution in [0.3, 0.4) is 0 Å². The van der Waals surface area contributed by atoms with Crippen LogP contribution in [0.15, 0.2) is 54.6 Å². The highest BCUT2D eigenvalue weighted by atomic mass is 16.5. The average Bonchev–Trinajstić information content (AvgIpc) is 3.06. The third-order valence-electron chi connectivity index (χ3n) is 4.30. The monoisotopic (exact) mass is 367 g/mol. The van der Waals surface area contributed by atoms with E-state index in [1.807, 2.05) is 18.2 Å². The first-order chi connectivity index (χ1) is 13.1. The lowest BCUT2D eigenvalue weighted by atomic mass is 10.2. The molecule has 1 heterocycles. The van der Waals surface area contributed by atoms with Gasteiger partial charge in [0.1, 0.15) is 5.75 Å². The van der Waals surface area contributed by atoms with Crippen molar-refractivity contribution in [3.05, 3.63) is 60.2 Å². The Hall–Kier alpha value is -3.35.